The molecule has 0 fully saturated rings. The highest BCUT2D eigenvalue weighted by molar-refractivity contribution is 7.47. The van der Waals surface area contributed by atoms with Crippen LogP contribution in [0.1, 0.15) is 206 Å². The van der Waals surface area contributed by atoms with E-state index in [-0.39, 0.29) is 19.4 Å². The van der Waals surface area contributed by atoms with Gasteiger partial charge in [0.05, 0.1) is 13.2 Å². The van der Waals surface area contributed by atoms with Gasteiger partial charge in [0.15, 0.2) is 6.10 Å². The molecule has 4 N–H and O–H groups in total. The van der Waals surface area contributed by atoms with Crippen LogP contribution in [-0.4, -0.2) is 59.9 Å². The third-order valence-corrected chi connectivity index (χ3v) is 10.5. The molecule has 11 nitrogen and oxygen atoms in total. The van der Waals surface area contributed by atoms with Crippen LogP contribution in [0, 0.1) is 0 Å². The number of carbonyl (C=O) groups excluding carboxylic acids is 2. The van der Waals surface area contributed by atoms with E-state index in [1.807, 2.05) is 0 Å². The number of carbonyl (C=O) groups is 3. The van der Waals surface area contributed by atoms with Crippen LogP contribution in [0.3, 0.4) is 0 Å². The van der Waals surface area contributed by atoms with Crippen molar-refractivity contribution in [1.82, 2.24) is 0 Å². The summed E-state index contributed by atoms with van der Waals surface area (Å²) < 4.78 is 32.7. The van der Waals surface area contributed by atoms with Gasteiger partial charge in [0.1, 0.15) is 12.6 Å². The predicted molar refractivity (Wildman–Crippen MR) is 217 cm³/mol. The van der Waals surface area contributed by atoms with Crippen LogP contribution in [0.5, 0.6) is 0 Å². The van der Waals surface area contributed by atoms with Gasteiger partial charge in [-0.3, -0.25) is 23.4 Å². The lowest BCUT2D eigenvalue weighted by Crippen LogP contribution is -2.34. The molecule has 0 rings (SSSR count). The fraction of sp³-hybridized carbons (Fsp3) is 0.881. The Labute approximate surface area is 328 Å². The lowest BCUT2D eigenvalue weighted by atomic mass is 10.0. The molecule has 12 heteroatoms. The van der Waals surface area contributed by atoms with Gasteiger partial charge in [0.25, 0.3) is 0 Å². The van der Waals surface area contributed by atoms with Crippen LogP contribution in [0.25, 0.3) is 0 Å². The van der Waals surface area contributed by atoms with E-state index in [0.717, 1.165) is 57.8 Å². The lowest BCUT2D eigenvalue weighted by molar-refractivity contribution is -0.161. The van der Waals surface area contributed by atoms with Crippen molar-refractivity contribution < 1.29 is 47.5 Å². The summed E-state index contributed by atoms with van der Waals surface area (Å²) in [6.45, 7) is 2.80. The molecule has 0 amide bonds. The topological polar surface area (TPSA) is 172 Å². The fourth-order valence-electron chi connectivity index (χ4n) is 6.06. The van der Waals surface area contributed by atoms with Gasteiger partial charge < -0.3 is 25.2 Å². The average Bonchev–Trinajstić information content (AvgIpc) is 3.14. The number of nitrogens with two attached hydrogens (primary N) is 1. The Kier molecular flexibility index (Phi) is 36.9. The first-order valence-corrected chi connectivity index (χ1v) is 23.2. The highest BCUT2D eigenvalue weighted by Gasteiger charge is 2.28. The molecule has 0 aliphatic heterocycles. The molecule has 0 aromatic rings. The second-order valence-electron chi connectivity index (χ2n) is 14.8. The smallest absolute Gasteiger partial charge is 0.472 e. The van der Waals surface area contributed by atoms with Crippen LogP contribution in [0.4, 0.5) is 0 Å². The zero-order valence-electron chi connectivity index (χ0n) is 34.3. The summed E-state index contributed by atoms with van der Waals surface area (Å²) in [5.74, 6) is -2.38. The van der Waals surface area contributed by atoms with Crippen molar-refractivity contribution >= 4 is 25.7 Å². The van der Waals surface area contributed by atoms with E-state index >= 15 is 0 Å². The summed E-state index contributed by atoms with van der Waals surface area (Å²) in [5.41, 5.74) is 5.33. The number of hydrogen-bond acceptors (Lipinski definition) is 9. The van der Waals surface area contributed by atoms with Crippen molar-refractivity contribution in [3.63, 3.8) is 0 Å². The molecule has 3 atom stereocenters. The summed E-state index contributed by atoms with van der Waals surface area (Å²) in [7, 11) is -4.71. The zero-order valence-corrected chi connectivity index (χ0v) is 35.2. The minimum absolute atomic E-state index is 0.155. The van der Waals surface area contributed by atoms with E-state index in [1.165, 1.54) is 109 Å². The Balaban J connectivity index is 4.34. The number of hydrogen-bond donors (Lipinski definition) is 3. The highest BCUT2D eigenvalue weighted by Crippen LogP contribution is 2.43. The van der Waals surface area contributed by atoms with Gasteiger partial charge in [-0.2, -0.15) is 0 Å². The molecule has 54 heavy (non-hydrogen) atoms. The van der Waals surface area contributed by atoms with Crippen molar-refractivity contribution in [2.24, 2.45) is 5.73 Å². The molecule has 0 heterocycles. The molecule has 0 spiro atoms. The first kappa shape index (κ1) is 52.2. The van der Waals surface area contributed by atoms with Crippen molar-refractivity contribution in [1.29, 1.82) is 0 Å². The van der Waals surface area contributed by atoms with Gasteiger partial charge in [-0.05, 0) is 38.5 Å². The number of carboxylic acid groups (broad SMARTS) is 1. The van der Waals surface area contributed by atoms with Gasteiger partial charge in [0.2, 0.25) is 0 Å². The fourth-order valence-corrected chi connectivity index (χ4v) is 6.84. The van der Waals surface area contributed by atoms with Crippen molar-refractivity contribution in [3.05, 3.63) is 12.2 Å². The Hall–Kier alpha value is -1.78. The van der Waals surface area contributed by atoms with Gasteiger partial charge in [-0.1, -0.05) is 167 Å². The van der Waals surface area contributed by atoms with Crippen molar-refractivity contribution in [2.75, 3.05) is 19.8 Å². The third-order valence-electron chi connectivity index (χ3n) is 9.51. The molecule has 0 aliphatic carbocycles. The maximum Gasteiger partial charge on any atom is 0.472 e. The third kappa shape index (κ3) is 37.2. The van der Waals surface area contributed by atoms with E-state index in [9.17, 15) is 23.8 Å². The van der Waals surface area contributed by atoms with Crippen LogP contribution >= 0.6 is 7.82 Å². The van der Waals surface area contributed by atoms with E-state index in [2.05, 4.69) is 30.5 Å². The number of phosphoric ester groups is 1. The number of esters is 2. The second kappa shape index (κ2) is 38.1. The number of phosphoric acid groups is 1. The highest BCUT2D eigenvalue weighted by atomic mass is 31.2. The van der Waals surface area contributed by atoms with Crippen LogP contribution in [-0.2, 0) is 37.5 Å². The van der Waals surface area contributed by atoms with Crippen molar-refractivity contribution in [3.8, 4) is 0 Å². The molecule has 0 aromatic heterocycles. The van der Waals surface area contributed by atoms with Crippen LogP contribution < -0.4 is 5.73 Å². The minimum Gasteiger partial charge on any atom is -0.480 e. The molecular weight excluding hydrogens is 709 g/mol. The first-order valence-electron chi connectivity index (χ1n) is 21.7. The molecule has 0 aromatic carbocycles. The normalized spacial score (nSPS) is 13.9. The van der Waals surface area contributed by atoms with Gasteiger partial charge >= 0.3 is 25.7 Å². The van der Waals surface area contributed by atoms with Crippen molar-refractivity contribution in [2.45, 2.75) is 219 Å². The lowest BCUT2D eigenvalue weighted by Gasteiger charge is -2.20. The molecule has 0 radical (unpaired) electrons. The summed E-state index contributed by atoms with van der Waals surface area (Å²) in [6, 6.07) is -1.52. The molecule has 318 valence electrons. The Bertz CT molecular complexity index is 979. The number of carboxylic acids is 1. The zero-order chi connectivity index (χ0) is 40.0. The first-order chi connectivity index (χ1) is 26.1. The van der Waals surface area contributed by atoms with Gasteiger partial charge in [-0.25, -0.2) is 4.57 Å². The molecular formula is C42H80NO10P. The molecule has 0 aliphatic rings. The van der Waals surface area contributed by atoms with E-state index in [0.29, 0.717) is 12.8 Å². The Morgan fingerprint density at radius 3 is 1.35 bits per heavy atom. The van der Waals surface area contributed by atoms with Gasteiger partial charge in [-0.15, -0.1) is 0 Å². The molecule has 0 bridgehead atoms. The number of unbranched alkanes of at least 4 members (excludes halogenated alkanes) is 25. The number of rotatable bonds is 41. The van der Waals surface area contributed by atoms with E-state index in [4.69, 9.17) is 24.8 Å². The molecule has 1 unspecified atom stereocenters. The maximum atomic E-state index is 12.6. The second-order valence-corrected chi connectivity index (χ2v) is 16.3. The standard InChI is InChI=1S/C42H80NO10P/c1-3-5-7-9-11-13-15-17-19-20-22-23-25-27-29-31-33-40(44)50-35-38(36-51-54(48,49)52-37-39(43)42(46)47)53-41(45)34-32-30-28-26-24-21-18-16-14-12-10-8-6-4-2/h16,18,38-39H,3-15,17,19-37,43H2,1-2H3,(H,46,47)(H,48,49)/b18-16-/t38-,39+/m1/s1. The predicted octanol–water partition coefficient (Wildman–Crippen LogP) is 11.3. The summed E-state index contributed by atoms with van der Waals surface area (Å²) >= 11 is 0. The largest absolute Gasteiger partial charge is 0.480 e. The van der Waals surface area contributed by atoms with E-state index in [1.54, 1.807) is 0 Å². The van der Waals surface area contributed by atoms with E-state index < -0.39 is 51.1 Å². The summed E-state index contributed by atoms with van der Waals surface area (Å²) in [4.78, 5) is 45.9. The number of aliphatic carboxylic acids is 1. The Morgan fingerprint density at radius 1 is 0.556 bits per heavy atom. The SMILES string of the molecule is CCCCCCC/C=C\CCCCCCCC(=O)O[C@H](COC(=O)CCCCCCCCCCCCCCCCCC)COP(=O)(O)OC[C@H](N)C(=O)O. The quantitative estimate of drug-likeness (QED) is 0.0233. The summed E-state index contributed by atoms with van der Waals surface area (Å²) in [6.07, 6.45) is 37.0. The summed E-state index contributed by atoms with van der Waals surface area (Å²) in [5, 5.41) is 8.88. The average molecular weight is 790 g/mol. The monoisotopic (exact) mass is 790 g/mol. The molecule has 0 saturated heterocycles. The number of ether oxygens (including phenoxy) is 2. The van der Waals surface area contributed by atoms with Gasteiger partial charge in [0, 0.05) is 12.8 Å². The maximum absolute atomic E-state index is 12.6. The number of allylic oxidation sites excluding steroid dienone is 2. The van der Waals surface area contributed by atoms with Crippen LogP contribution in [0.15, 0.2) is 12.2 Å². The molecule has 0 saturated carbocycles. The Morgan fingerprint density at radius 2 is 0.926 bits per heavy atom. The minimum atomic E-state index is -4.71. The van der Waals surface area contributed by atoms with Crippen LogP contribution in [0.2, 0.25) is 0 Å².